The smallest absolute Gasteiger partial charge is 0.0322 e. The molecular formula is C17H27N. The summed E-state index contributed by atoms with van der Waals surface area (Å²) in [5.74, 6) is 0. The maximum atomic E-state index is 3.91. The summed E-state index contributed by atoms with van der Waals surface area (Å²) >= 11 is 0. The lowest BCUT2D eigenvalue weighted by atomic mass is 9.99. The van der Waals surface area contributed by atoms with Crippen molar-refractivity contribution in [1.82, 2.24) is 5.32 Å². The zero-order chi connectivity index (χ0) is 12.6. The molecule has 1 atom stereocenters. The second-order valence-corrected chi connectivity index (χ2v) is 5.61. The Labute approximate surface area is 112 Å². The Morgan fingerprint density at radius 3 is 2.33 bits per heavy atom. The van der Waals surface area contributed by atoms with E-state index in [0.717, 1.165) is 6.04 Å². The van der Waals surface area contributed by atoms with E-state index in [1.54, 1.807) is 0 Å². The summed E-state index contributed by atoms with van der Waals surface area (Å²) in [5.41, 5.74) is 1.46. The van der Waals surface area contributed by atoms with Gasteiger partial charge in [0.15, 0.2) is 0 Å². The molecule has 1 aliphatic carbocycles. The van der Waals surface area contributed by atoms with Crippen molar-refractivity contribution in [3.05, 3.63) is 35.9 Å². The van der Waals surface area contributed by atoms with Gasteiger partial charge in [-0.15, -0.1) is 0 Å². The minimum atomic E-state index is 0.555. The molecule has 0 amide bonds. The van der Waals surface area contributed by atoms with Crippen LogP contribution in [0, 0.1) is 0 Å². The fourth-order valence-electron chi connectivity index (χ4n) is 3.05. The van der Waals surface area contributed by atoms with Gasteiger partial charge in [0.1, 0.15) is 0 Å². The van der Waals surface area contributed by atoms with Gasteiger partial charge in [-0.05, 0) is 24.8 Å². The molecule has 0 aromatic heterocycles. The van der Waals surface area contributed by atoms with Gasteiger partial charge >= 0.3 is 0 Å². The van der Waals surface area contributed by atoms with E-state index in [2.05, 4.69) is 42.6 Å². The van der Waals surface area contributed by atoms with Crippen LogP contribution < -0.4 is 5.32 Å². The number of hydrogen-bond donors (Lipinski definition) is 1. The number of benzene rings is 1. The van der Waals surface area contributed by atoms with Crippen LogP contribution in [-0.4, -0.2) is 6.04 Å². The van der Waals surface area contributed by atoms with E-state index in [1.807, 2.05) is 0 Å². The first-order chi connectivity index (χ1) is 8.90. The average Bonchev–Trinajstić information content (AvgIpc) is 2.68. The second-order valence-electron chi connectivity index (χ2n) is 5.61. The van der Waals surface area contributed by atoms with Crippen molar-refractivity contribution >= 4 is 0 Å². The van der Waals surface area contributed by atoms with E-state index < -0.39 is 0 Å². The quantitative estimate of drug-likeness (QED) is 0.732. The second kappa shape index (κ2) is 7.58. The van der Waals surface area contributed by atoms with Crippen LogP contribution in [-0.2, 0) is 0 Å². The van der Waals surface area contributed by atoms with E-state index in [9.17, 15) is 0 Å². The van der Waals surface area contributed by atoms with E-state index >= 15 is 0 Å². The number of rotatable bonds is 5. The Balaban J connectivity index is 1.97. The summed E-state index contributed by atoms with van der Waals surface area (Å²) < 4.78 is 0. The average molecular weight is 245 g/mol. The Morgan fingerprint density at radius 1 is 1.06 bits per heavy atom. The van der Waals surface area contributed by atoms with Crippen molar-refractivity contribution < 1.29 is 0 Å². The lowest BCUT2D eigenvalue weighted by Gasteiger charge is -2.25. The molecule has 0 aliphatic heterocycles. The molecule has 18 heavy (non-hydrogen) atoms. The first-order valence-corrected chi connectivity index (χ1v) is 7.71. The zero-order valence-corrected chi connectivity index (χ0v) is 11.7. The molecule has 1 nitrogen and oxygen atoms in total. The summed E-state index contributed by atoms with van der Waals surface area (Å²) in [6, 6.07) is 12.3. The van der Waals surface area contributed by atoms with Crippen molar-refractivity contribution in [2.24, 2.45) is 0 Å². The van der Waals surface area contributed by atoms with E-state index in [1.165, 1.54) is 56.9 Å². The lowest BCUT2D eigenvalue weighted by Crippen LogP contribution is -2.32. The highest BCUT2D eigenvalue weighted by molar-refractivity contribution is 5.19. The van der Waals surface area contributed by atoms with Crippen molar-refractivity contribution in [3.63, 3.8) is 0 Å². The van der Waals surface area contributed by atoms with Gasteiger partial charge in [0, 0.05) is 12.1 Å². The summed E-state index contributed by atoms with van der Waals surface area (Å²) in [6.45, 7) is 2.28. The first-order valence-electron chi connectivity index (χ1n) is 7.71. The fourth-order valence-corrected chi connectivity index (χ4v) is 3.05. The van der Waals surface area contributed by atoms with E-state index in [-0.39, 0.29) is 0 Å². The van der Waals surface area contributed by atoms with Crippen LogP contribution in [0.15, 0.2) is 30.3 Å². The summed E-state index contributed by atoms with van der Waals surface area (Å²) in [7, 11) is 0. The lowest BCUT2D eigenvalue weighted by molar-refractivity contribution is 0.382. The molecule has 1 aliphatic rings. The third kappa shape index (κ3) is 4.13. The molecular weight excluding hydrogens is 218 g/mol. The third-order valence-electron chi connectivity index (χ3n) is 4.07. The van der Waals surface area contributed by atoms with Crippen LogP contribution in [0.3, 0.4) is 0 Å². The van der Waals surface area contributed by atoms with Gasteiger partial charge in [-0.1, -0.05) is 69.4 Å². The number of nitrogens with one attached hydrogen (secondary N) is 1. The minimum absolute atomic E-state index is 0.555. The maximum absolute atomic E-state index is 3.91. The minimum Gasteiger partial charge on any atom is -0.307 e. The van der Waals surface area contributed by atoms with Crippen LogP contribution >= 0.6 is 0 Å². The van der Waals surface area contributed by atoms with Gasteiger partial charge in [-0.3, -0.25) is 0 Å². The first kappa shape index (κ1) is 13.6. The van der Waals surface area contributed by atoms with E-state index in [4.69, 9.17) is 0 Å². The highest BCUT2D eigenvalue weighted by atomic mass is 14.9. The van der Waals surface area contributed by atoms with Gasteiger partial charge in [0.2, 0.25) is 0 Å². The Bertz CT molecular complexity index is 312. The monoisotopic (exact) mass is 245 g/mol. The van der Waals surface area contributed by atoms with Gasteiger partial charge in [0.25, 0.3) is 0 Å². The standard InChI is InChI=1S/C17H27N/c1-2-10-17(15-11-6-5-7-12-15)18-16-13-8-3-4-9-14-16/h5-7,11-12,16-18H,2-4,8-10,13-14H2,1H3. The largest absolute Gasteiger partial charge is 0.307 e. The molecule has 0 bridgehead atoms. The molecule has 1 fully saturated rings. The van der Waals surface area contributed by atoms with Gasteiger partial charge < -0.3 is 5.32 Å². The molecule has 1 saturated carbocycles. The Hall–Kier alpha value is -0.820. The van der Waals surface area contributed by atoms with Gasteiger partial charge in [-0.2, -0.15) is 0 Å². The molecule has 0 heterocycles. The molecule has 1 heteroatoms. The van der Waals surface area contributed by atoms with Crippen LogP contribution in [0.4, 0.5) is 0 Å². The van der Waals surface area contributed by atoms with Crippen molar-refractivity contribution in [2.45, 2.75) is 70.4 Å². The molecule has 0 radical (unpaired) electrons. The normalized spacial score (nSPS) is 19.4. The molecule has 1 unspecified atom stereocenters. The van der Waals surface area contributed by atoms with Crippen LogP contribution in [0.2, 0.25) is 0 Å². The van der Waals surface area contributed by atoms with Crippen molar-refractivity contribution in [1.29, 1.82) is 0 Å². The molecule has 1 aromatic rings. The SMILES string of the molecule is CCCC(NC1CCCCCC1)c1ccccc1. The summed E-state index contributed by atoms with van der Waals surface area (Å²) in [5, 5.41) is 3.91. The predicted octanol–water partition coefficient (Wildman–Crippen LogP) is 4.84. The highest BCUT2D eigenvalue weighted by Gasteiger charge is 2.17. The van der Waals surface area contributed by atoms with Crippen molar-refractivity contribution in [2.75, 3.05) is 0 Å². The van der Waals surface area contributed by atoms with Gasteiger partial charge in [-0.25, -0.2) is 0 Å². The van der Waals surface area contributed by atoms with E-state index in [0.29, 0.717) is 6.04 Å². The molecule has 1 aromatic carbocycles. The molecule has 0 spiro atoms. The predicted molar refractivity (Wildman–Crippen MR) is 78.7 cm³/mol. The summed E-state index contributed by atoms with van der Waals surface area (Å²) in [6.07, 6.45) is 10.9. The fraction of sp³-hybridized carbons (Fsp3) is 0.647. The maximum Gasteiger partial charge on any atom is 0.0322 e. The third-order valence-corrected chi connectivity index (χ3v) is 4.07. The number of hydrogen-bond acceptors (Lipinski definition) is 1. The molecule has 0 saturated heterocycles. The molecule has 1 N–H and O–H groups in total. The Morgan fingerprint density at radius 2 is 1.72 bits per heavy atom. The molecule has 100 valence electrons. The van der Waals surface area contributed by atoms with Gasteiger partial charge in [0.05, 0.1) is 0 Å². The zero-order valence-electron chi connectivity index (χ0n) is 11.7. The van der Waals surface area contributed by atoms with Crippen LogP contribution in [0.25, 0.3) is 0 Å². The van der Waals surface area contributed by atoms with Crippen molar-refractivity contribution in [3.8, 4) is 0 Å². The summed E-state index contributed by atoms with van der Waals surface area (Å²) in [4.78, 5) is 0. The molecule has 2 rings (SSSR count). The Kier molecular flexibility index (Phi) is 5.73. The van der Waals surface area contributed by atoms with Crippen LogP contribution in [0.5, 0.6) is 0 Å². The topological polar surface area (TPSA) is 12.0 Å². The van der Waals surface area contributed by atoms with Crippen LogP contribution in [0.1, 0.15) is 69.9 Å². The highest BCUT2D eigenvalue weighted by Crippen LogP contribution is 2.23.